The zero-order valence-corrected chi connectivity index (χ0v) is 9.96. The molecule has 2 aromatic carbocycles. The summed E-state index contributed by atoms with van der Waals surface area (Å²) >= 11 is 6.11. The van der Waals surface area contributed by atoms with E-state index in [1.54, 1.807) is 24.3 Å². The van der Waals surface area contributed by atoms with Gasteiger partial charge in [-0.15, -0.1) is 0 Å². The smallest absolute Gasteiger partial charge is 0.123 e. The first kappa shape index (κ1) is 12.0. The topological polar surface area (TPSA) is 9.23 Å². The predicted molar refractivity (Wildman–Crippen MR) is 68.8 cm³/mol. The highest BCUT2D eigenvalue weighted by Crippen LogP contribution is 2.30. The summed E-state index contributed by atoms with van der Waals surface area (Å²) in [5, 5.41) is 0.474. The van der Waals surface area contributed by atoms with Gasteiger partial charge in [0.05, 0.1) is 12.1 Å². The van der Waals surface area contributed by atoms with Crippen LogP contribution in [-0.4, -0.2) is 15.0 Å². The largest absolute Gasteiger partial charge is 0.497 e. The molecule has 0 amide bonds. The minimum Gasteiger partial charge on any atom is -0.497 e. The van der Waals surface area contributed by atoms with Gasteiger partial charge < -0.3 is 4.74 Å². The van der Waals surface area contributed by atoms with Crippen LogP contribution in [0, 0.1) is 5.82 Å². The molecular formula is C13H9BClFO. The molecular weight excluding hydrogens is 237 g/mol. The zero-order chi connectivity index (χ0) is 12.4. The Morgan fingerprint density at radius 2 is 2.00 bits per heavy atom. The van der Waals surface area contributed by atoms with E-state index in [0.29, 0.717) is 27.4 Å². The Kier molecular flexibility index (Phi) is 3.39. The fourth-order valence-electron chi connectivity index (χ4n) is 1.63. The molecule has 0 saturated carbocycles. The SMILES string of the molecule is [B]c1cc(-c2cccc(F)c2)c(Cl)cc1OC. The zero-order valence-electron chi connectivity index (χ0n) is 9.21. The molecule has 17 heavy (non-hydrogen) atoms. The molecule has 2 rings (SSSR count). The minimum absolute atomic E-state index is 0.312. The van der Waals surface area contributed by atoms with E-state index in [-0.39, 0.29) is 5.82 Å². The molecule has 0 N–H and O–H groups in total. The quantitative estimate of drug-likeness (QED) is 0.740. The molecule has 0 spiro atoms. The van der Waals surface area contributed by atoms with Crippen LogP contribution in [0.5, 0.6) is 5.75 Å². The summed E-state index contributed by atoms with van der Waals surface area (Å²) in [7, 11) is 7.32. The Bertz CT molecular complexity index is 557. The number of ether oxygens (including phenoxy) is 1. The van der Waals surface area contributed by atoms with Gasteiger partial charge in [0.25, 0.3) is 0 Å². The first-order valence-electron chi connectivity index (χ1n) is 5.01. The highest BCUT2D eigenvalue weighted by atomic mass is 35.5. The molecule has 0 bridgehead atoms. The van der Waals surface area contributed by atoms with Crippen molar-refractivity contribution < 1.29 is 9.13 Å². The van der Waals surface area contributed by atoms with Crippen molar-refractivity contribution in [3.05, 3.63) is 47.2 Å². The standard InChI is InChI=1S/C13H9BClFO/c1-17-13-7-12(15)10(6-11(13)14)8-3-2-4-9(16)5-8/h2-7H,1H3. The van der Waals surface area contributed by atoms with Crippen LogP contribution >= 0.6 is 11.6 Å². The van der Waals surface area contributed by atoms with E-state index in [1.165, 1.54) is 19.2 Å². The normalized spacial score (nSPS) is 10.3. The van der Waals surface area contributed by atoms with Gasteiger partial charge in [0.2, 0.25) is 0 Å². The lowest BCUT2D eigenvalue weighted by Crippen LogP contribution is -2.07. The molecule has 0 unspecified atom stereocenters. The fourth-order valence-corrected chi connectivity index (χ4v) is 1.89. The number of halogens is 2. The molecule has 2 aromatic rings. The first-order valence-corrected chi connectivity index (χ1v) is 5.38. The Balaban J connectivity index is 2.56. The van der Waals surface area contributed by atoms with E-state index in [1.807, 2.05) is 0 Å². The maximum Gasteiger partial charge on any atom is 0.123 e. The second kappa shape index (κ2) is 4.80. The van der Waals surface area contributed by atoms with Crippen molar-refractivity contribution in [3.63, 3.8) is 0 Å². The average Bonchev–Trinajstić information content (AvgIpc) is 2.31. The van der Waals surface area contributed by atoms with Gasteiger partial charge in [0.15, 0.2) is 0 Å². The Morgan fingerprint density at radius 3 is 2.65 bits per heavy atom. The van der Waals surface area contributed by atoms with Gasteiger partial charge >= 0.3 is 0 Å². The Hall–Kier alpha value is -1.48. The van der Waals surface area contributed by atoms with Crippen LogP contribution in [-0.2, 0) is 0 Å². The molecule has 1 nitrogen and oxygen atoms in total. The molecule has 0 atom stereocenters. The third-order valence-electron chi connectivity index (χ3n) is 2.46. The molecule has 0 heterocycles. The monoisotopic (exact) mass is 246 g/mol. The second-order valence-corrected chi connectivity index (χ2v) is 3.99. The average molecular weight is 246 g/mol. The number of rotatable bonds is 2. The highest BCUT2D eigenvalue weighted by Gasteiger charge is 2.08. The first-order chi connectivity index (χ1) is 8.11. The number of hydrogen-bond donors (Lipinski definition) is 0. The summed E-state index contributed by atoms with van der Waals surface area (Å²) in [5.74, 6) is 0.197. The van der Waals surface area contributed by atoms with Gasteiger partial charge in [-0.05, 0) is 23.8 Å². The van der Waals surface area contributed by atoms with Crippen LogP contribution in [0.15, 0.2) is 36.4 Å². The van der Waals surface area contributed by atoms with Crippen molar-refractivity contribution in [2.75, 3.05) is 7.11 Å². The van der Waals surface area contributed by atoms with Crippen molar-refractivity contribution in [2.24, 2.45) is 0 Å². The lowest BCUT2D eigenvalue weighted by atomic mass is 9.91. The minimum atomic E-state index is -0.312. The van der Waals surface area contributed by atoms with Gasteiger partial charge in [-0.3, -0.25) is 0 Å². The van der Waals surface area contributed by atoms with Crippen molar-refractivity contribution >= 4 is 24.9 Å². The maximum absolute atomic E-state index is 13.1. The van der Waals surface area contributed by atoms with E-state index in [2.05, 4.69) is 0 Å². The van der Waals surface area contributed by atoms with Crippen LogP contribution in [0.3, 0.4) is 0 Å². The summed E-state index contributed by atoms with van der Waals surface area (Å²) in [5.41, 5.74) is 1.84. The molecule has 0 aromatic heterocycles. The number of benzene rings is 2. The molecule has 84 valence electrons. The Labute approximate surface area is 106 Å². The fraction of sp³-hybridized carbons (Fsp3) is 0.0769. The molecule has 2 radical (unpaired) electrons. The second-order valence-electron chi connectivity index (χ2n) is 3.58. The maximum atomic E-state index is 13.1. The lowest BCUT2D eigenvalue weighted by Gasteiger charge is -2.10. The summed E-state index contributed by atoms with van der Waals surface area (Å²) in [6, 6.07) is 9.49. The van der Waals surface area contributed by atoms with Crippen LogP contribution < -0.4 is 10.2 Å². The van der Waals surface area contributed by atoms with E-state index in [0.717, 1.165) is 0 Å². The van der Waals surface area contributed by atoms with E-state index >= 15 is 0 Å². The van der Waals surface area contributed by atoms with E-state index in [9.17, 15) is 4.39 Å². The van der Waals surface area contributed by atoms with E-state index in [4.69, 9.17) is 24.2 Å². The van der Waals surface area contributed by atoms with Crippen molar-refractivity contribution in [3.8, 4) is 16.9 Å². The van der Waals surface area contributed by atoms with Gasteiger partial charge in [0.1, 0.15) is 19.4 Å². The van der Waals surface area contributed by atoms with Crippen molar-refractivity contribution in [1.82, 2.24) is 0 Å². The van der Waals surface area contributed by atoms with Gasteiger partial charge in [0, 0.05) is 5.56 Å². The van der Waals surface area contributed by atoms with Crippen LogP contribution in [0.25, 0.3) is 11.1 Å². The van der Waals surface area contributed by atoms with Crippen molar-refractivity contribution in [2.45, 2.75) is 0 Å². The highest BCUT2D eigenvalue weighted by molar-refractivity contribution is 6.38. The predicted octanol–water partition coefficient (Wildman–Crippen LogP) is 2.95. The lowest BCUT2D eigenvalue weighted by molar-refractivity contribution is 0.418. The van der Waals surface area contributed by atoms with E-state index < -0.39 is 0 Å². The molecule has 4 heteroatoms. The third-order valence-corrected chi connectivity index (χ3v) is 2.77. The third kappa shape index (κ3) is 2.45. The summed E-state index contributed by atoms with van der Waals surface area (Å²) in [4.78, 5) is 0. The summed E-state index contributed by atoms with van der Waals surface area (Å²) < 4.78 is 18.2. The molecule has 0 aliphatic carbocycles. The summed E-state index contributed by atoms with van der Waals surface area (Å²) in [6.07, 6.45) is 0. The molecule has 0 aliphatic rings. The molecule has 0 saturated heterocycles. The summed E-state index contributed by atoms with van der Waals surface area (Å²) in [6.45, 7) is 0. The molecule has 0 aliphatic heterocycles. The van der Waals surface area contributed by atoms with Crippen LogP contribution in [0.2, 0.25) is 5.02 Å². The number of hydrogen-bond acceptors (Lipinski definition) is 1. The van der Waals surface area contributed by atoms with Gasteiger partial charge in [-0.25, -0.2) is 4.39 Å². The number of methoxy groups -OCH3 is 1. The molecule has 0 fully saturated rings. The Morgan fingerprint density at radius 1 is 1.24 bits per heavy atom. The van der Waals surface area contributed by atoms with Crippen LogP contribution in [0.1, 0.15) is 0 Å². The van der Waals surface area contributed by atoms with Gasteiger partial charge in [-0.2, -0.15) is 0 Å². The van der Waals surface area contributed by atoms with Crippen LogP contribution in [0.4, 0.5) is 4.39 Å². The van der Waals surface area contributed by atoms with Crippen molar-refractivity contribution in [1.29, 1.82) is 0 Å². The van der Waals surface area contributed by atoms with Gasteiger partial charge in [-0.1, -0.05) is 35.3 Å².